The molecule has 0 aliphatic heterocycles. The Hall–Kier alpha value is -5.22. The number of unbranched alkanes of at least 4 members (excludes halogenated alkanes) is 10. The lowest BCUT2D eigenvalue weighted by molar-refractivity contribution is -0.141. The molecule has 16 nitrogen and oxygen atoms in total. The number of rotatable bonds is 27. The molecule has 0 spiro atoms. The van der Waals surface area contributed by atoms with Crippen LogP contribution in [0.5, 0.6) is 0 Å². The van der Waals surface area contributed by atoms with E-state index in [1.165, 1.54) is 58.7 Å². The number of esters is 3. The minimum atomic E-state index is -0.701. The Morgan fingerprint density at radius 2 is 0.939 bits per heavy atom. The summed E-state index contributed by atoms with van der Waals surface area (Å²) in [6.07, 6.45) is 19.1. The number of aromatic nitrogens is 1. The molecular formula is C50H85NO15. The second-order valence-electron chi connectivity index (χ2n) is 14.0. The third-order valence-corrected chi connectivity index (χ3v) is 8.25. The van der Waals surface area contributed by atoms with Crippen LogP contribution in [0.1, 0.15) is 135 Å². The van der Waals surface area contributed by atoms with Gasteiger partial charge >= 0.3 is 30.2 Å². The summed E-state index contributed by atoms with van der Waals surface area (Å²) in [6, 6.07) is 8.23. The van der Waals surface area contributed by atoms with Crippen LogP contribution in [-0.2, 0) is 57.0 Å². The molecule has 1 aromatic carbocycles. The molecule has 0 amide bonds. The average molecular weight is 940 g/mol. The monoisotopic (exact) mass is 940 g/mol. The van der Waals surface area contributed by atoms with E-state index in [1.807, 2.05) is 26.0 Å². The topological polar surface area (TPSA) is 194 Å². The van der Waals surface area contributed by atoms with E-state index >= 15 is 0 Å². The van der Waals surface area contributed by atoms with Gasteiger partial charge in [-0.1, -0.05) is 109 Å². The number of carbonyl (C=O) groups excluding carboxylic acids is 5. The second-order valence-corrected chi connectivity index (χ2v) is 14.0. The highest BCUT2D eigenvalue weighted by Crippen LogP contribution is 2.18. The van der Waals surface area contributed by atoms with Crippen molar-refractivity contribution in [2.45, 2.75) is 137 Å². The van der Waals surface area contributed by atoms with Crippen LogP contribution in [-0.4, -0.2) is 110 Å². The largest absolute Gasteiger partial charge is 0.507 e. The van der Waals surface area contributed by atoms with Crippen LogP contribution >= 0.6 is 0 Å². The summed E-state index contributed by atoms with van der Waals surface area (Å²) < 4.78 is 46.6. The minimum Gasteiger partial charge on any atom is -0.469 e. The third-order valence-electron chi connectivity index (χ3n) is 8.25. The Morgan fingerprint density at radius 1 is 0.530 bits per heavy atom. The summed E-state index contributed by atoms with van der Waals surface area (Å²) in [7, 11) is 7.43. The predicted octanol–water partition coefficient (Wildman–Crippen LogP) is 11.7. The van der Waals surface area contributed by atoms with E-state index in [4.69, 9.17) is 23.4 Å². The third kappa shape index (κ3) is 53.1. The van der Waals surface area contributed by atoms with E-state index in [9.17, 15) is 24.0 Å². The first-order valence-corrected chi connectivity index (χ1v) is 22.8. The SMILES string of the molecule is C=CC(=O)OCCCCCCOC.C=CC(=O)OCCCCOC(=O)OC.CCCCCC(=O)OC.CCCCCCOC.CCCCOC(=O)OC.Cc1ccc(-c2coc(C)n2)cc1. The van der Waals surface area contributed by atoms with E-state index in [-0.39, 0.29) is 18.5 Å². The fraction of sp³-hybridized carbons (Fsp3) is 0.640. The van der Waals surface area contributed by atoms with E-state index < -0.39 is 18.3 Å². The van der Waals surface area contributed by atoms with Crippen molar-refractivity contribution in [3.05, 3.63) is 67.3 Å². The Morgan fingerprint density at radius 3 is 1.33 bits per heavy atom. The van der Waals surface area contributed by atoms with Crippen LogP contribution in [0.15, 0.2) is 60.3 Å². The number of hydrogen-bond acceptors (Lipinski definition) is 16. The van der Waals surface area contributed by atoms with Crippen LogP contribution < -0.4 is 0 Å². The van der Waals surface area contributed by atoms with Crippen LogP contribution in [0, 0.1) is 13.8 Å². The molecule has 0 aliphatic rings. The Bertz CT molecular complexity index is 1420. The van der Waals surface area contributed by atoms with Crippen molar-refractivity contribution in [1.29, 1.82) is 0 Å². The first kappa shape index (κ1) is 67.4. The van der Waals surface area contributed by atoms with Crippen molar-refractivity contribution >= 4 is 30.2 Å². The first-order valence-electron chi connectivity index (χ1n) is 22.8. The molecule has 0 saturated carbocycles. The van der Waals surface area contributed by atoms with Crippen molar-refractivity contribution in [3.8, 4) is 11.3 Å². The van der Waals surface area contributed by atoms with Crippen molar-refractivity contribution in [2.24, 2.45) is 0 Å². The van der Waals surface area contributed by atoms with Crippen LogP contribution in [0.4, 0.5) is 9.59 Å². The summed E-state index contributed by atoms with van der Waals surface area (Å²) in [6.45, 7) is 20.1. The minimum absolute atomic E-state index is 0.0940. The summed E-state index contributed by atoms with van der Waals surface area (Å²) >= 11 is 0. The molecule has 0 radical (unpaired) electrons. The molecule has 0 N–H and O–H groups in total. The highest BCUT2D eigenvalue weighted by Gasteiger charge is 2.03. The molecule has 0 bridgehead atoms. The number of methoxy groups -OCH3 is 5. The van der Waals surface area contributed by atoms with E-state index in [2.05, 4.69) is 74.7 Å². The Kier molecular flexibility index (Phi) is 55.2. The fourth-order valence-electron chi connectivity index (χ4n) is 4.46. The average Bonchev–Trinajstić information content (AvgIpc) is 3.78. The molecule has 2 rings (SSSR count). The number of nitrogens with zero attached hydrogens (tertiary/aromatic N) is 1. The van der Waals surface area contributed by atoms with Gasteiger partial charge in [0.25, 0.3) is 0 Å². The van der Waals surface area contributed by atoms with Gasteiger partial charge in [-0.2, -0.15) is 0 Å². The van der Waals surface area contributed by atoms with Gasteiger partial charge < -0.3 is 47.0 Å². The van der Waals surface area contributed by atoms with Gasteiger partial charge in [0.1, 0.15) is 12.0 Å². The van der Waals surface area contributed by atoms with Crippen molar-refractivity contribution in [2.75, 3.05) is 75.2 Å². The Balaban J connectivity index is -0.000000354. The van der Waals surface area contributed by atoms with Crippen molar-refractivity contribution in [3.63, 3.8) is 0 Å². The van der Waals surface area contributed by atoms with Gasteiger partial charge in [0, 0.05) is 58.5 Å². The summed E-state index contributed by atoms with van der Waals surface area (Å²) in [5, 5.41) is 0. The molecule has 1 heterocycles. The predicted molar refractivity (Wildman–Crippen MR) is 257 cm³/mol. The van der Waals surface area contributed by atoms with E-state index in [0.717, 1.165) is 88.3 Å². The maximum Gasteiger partial charge on any atom is 0.507 e. The normalized spacial score (nSPS) is 9.42. The van der Waals surface area contributed by atoms with Crippen molar-refractivity contribution < 1.29 is 71.0 Å². The van der Waals surface area contributed by atoms with Gasteiger partial charge in [0.05, 0.1) is 47.8 Å². The maximum atomic E-state index is 10.6. The number of benzene rings is 1. The lowest BCUT2D eigenvalue weighted by atomic mass is 10.1. The standard InChI is InChI=1S/C11H11NO.C10H18O3.C9H14O5.C7H14O2.C7H16O.C6H12O3/c1-8-3-5-10(6-4-8)11-7-13-9(2)12-11;1-3-10(11)13-9-7-5-4-6-8-12-2;1-3-8(10)13-6-4-5-7-14-9(11)12-2;1-3-4-5-6-7(8)9-2;1-3-4-5-6-7-8-2;1-3-4-5-9-6(7)8-2/h3-7H,1-2H3;3H,1,4-9H2,2H3;3H,1,4-7H2,2H3;3-6H2,1-2H3;3-7H2,1-2H3;3-5H2,1-2H3. The van der Waals surface area contributed by atoms with Crippen LogP contribution in [0.25, 0.3) is 11.3 Å². The zero-order valence-corrected chi connectivity index (χ0v) is 42.1. The maximum absolute atomic E-state index is 10.6. The van der Waals surface area contributed by atoms with Crippen LogP contribution in [0.2, 0.25) is 0 Å². The fourth-order valence-corrected chi connectivity index (χ4v) is 4.46. The lowest BCUT2D eigenvalue weighted by Crippen LogP contribution is -2.07. The summed E-state index contributed by atoms with van der Waals surface area (Å²) in [5.41, 5.74) is 3.25. The Labute approximate surface area is 396 Å². The van der Waals surface area contributed by atoms with Gasteiger partial charge in [-0.05, 0) is 58.3 Å². The number of oxazole rings is 1. The molecule has 1 aromatic heterocycles. The molecule has 0 fully saturated rings. The number of aryl methyl sites for hydroxylation is 2. The van der Waals surface area contributed by atoms with Crippen LogP contribution in [0.3, 0.4) is 0 Å². The van der Waals surface area contributed by atoms with Crippen molar-refractivity contribution in [1.82, 2.24) is 4.98 Å². The van der Waals surface area contributed by atoms with Gasteiger partial charge in [0.2, 0.25) is 0 Å². The molecule has 380 valence electrons. The quantitative estimate of drug-likeness (QED) is 0.0355. The molecule has 0 unspecified atom stereocenters. The van der Waals surface area contributed by atoms with Gasteiger partial charge in [-0.25, -0.2) is 24.2 Å². The molecule has 66 heavy (non-hydrogen) atoms. The zero-order valence-electron chi connectivity index (χ0n) is 42.1. The highest BCUT2D eigenvalue weighted by atomic mass is 16.7. The zero-order chi connectivity index (χ0) is 50.5. The number of carbonyl (C=O) groups is 5. The highest BCUT2D eigenvalue weighted by molar-refractivity contribution is 5.81. The molecular weight excluding hydrogens is 855 g/mol. The number of hydrogen-bond donors (Lipinski definition) is 0. The second kappa shape index (κ2) is 54.1. The van der Waals surface area contributed by atoms with E-state index in [0.29, 0.717) is 45.0 Å². The number of ether oxygens (including phenoxy) is 9. The lowest BCUT2D eigenvalue weighted by Gasteiger charge is -2.03. The summed E-state index contributed by atoms with van der Waals surface area (Å²) in [4.78, 5) is 56.5. The molecule has 16 heteroatoms. The molecule has 2 aromatic rings. The molecule has 0 aliphatic carbocycles. The summed E-state index contributed by atoms with van der Waals surface area (Å²) in [5.74, 6) is -0.171. The molecule has 0 saturated heterocycles. The molecule has 0 atom stereocenters. The van der Waals surface area contributed by atoms with Gasteiger partial charge in [0.15, 0.2) is 5.89 Å². The van der Waals surface area contributed by atoms with E-state index in [1.54, 1.807) is 20.5 Å². The first-order chi connectivity index (χ1) is 31.8. The van der Waals surface area contributed by atoms with Gasteiger partial charge in [-0.3, -0.25) is 4.79 Å². The smallest absolute Gasteiger partial charge is 0.469 e. The van der Waals surface area contributed by atoms with Gasteiger partial charge in [-0.15, -0.1) is 0 Å².